The number of pyridine rings is 1. The molecule has 1 saturated carbocycles. The monoisotopic (exact) mass is 352 g/mol. The van der Waals surface area contributed by atoms with Crippen molar-refractivity contribution in [3.05, 3.63) is 42.2 Å². The molecule has 1 aromatic carbocycles. The molecule has 0 radical (unpaired) electrons. The van der Waals surface area contributed by atoms with Crippen molar-refractivity contribution in [2.24, 2.45) is 0 Å². The smallest absolute Gasteiger partial charge is 0.317 e. The number of rotatable bonds is 5. The Balaban J connectivity index is 1.38. The lowest BCUT2D eigenvalue weighted by Crippen LogP contribution is -2.50. The van der Waals surface area contributed by atoms with E-state index >= 15 is 0 Å². The van der Waals surface area contributed by atoms with Gasteiger partial charge in [0.15, 0.2) is 0 Å². The minimum absolute atomic E-state index is 0.00532. The standard InChI is InChI=1S/C21H28N4O/c1-24(15-18-7-5-6-17-14-22-11-8-19(17)18)20(26)23-21(9-10-21)16-25-12-3-2-4-13-25/h5-8,11,14H,2-4,9-10,12-13,15-16H2,1H3,(H,23,26). The van der Waals surface area contributed by atoms with Gasteiger partial charge in [0, 0.05) is 37.9 Å². The molecule has 26 heavy (non-hydrogen) atoms. The third kappa shape index (κ3) is 3.83. The van der Waals surface area contributed by atoms with Crippen molar-refractivity contribution in [1.82, 2.24) is 20.1 Å². The molecule has 0 bridgehead atoms. The maximum atomic E-state index is 12.8. The van der Waals surface area contributed by atoms with Gasteiger partial charge in [-0.2, -0.15) is 0 Å². The molecule has 2 amide bonds. The van der Waals surface area contributed by atoms with Crippen LogP contribution in [-0.4, -0.2) is 53.0 Å². The molecule has 2 aromatic rings. The summed E-state index contributed by atoms with van der Waals surface area (Å²) in [5.74, 6) is 0. The number of carbonyl (C=O) groups is 1. The van der Waals surface area contributed by atoms with E-state index in [1.165, 1.54) is 32.4 Å². The van der Waals surface area contributed by atoms with Crippen LogP contribution < -0.4 is 5.32 Å². The van der Waals surface area contributed by atoms with Crippen LogP contribution in [0.5, 0.6) is 0 Å². The van der Waals surface area contributed by atoms with Crippen molar-refractivity contribution in [2.75, 3.05) is 26.7 Å². The van der Waals surface area contributed by atoms with Gasteiger partial charge < -0.3 is 15.1 Å². The van der Waals surface area contributed by atoms with E-state index in [-0.39, 0.29) is 11.6 Å². The summed E-state index contributed by atoms with van der Waals surface area (Å²) in [5.41, 5.74) is 1.16. The summed E-state index contributed by atoms with van der Waals surface area (Å²) in [4.78, 5) is 21.3. The predicted octanol–water partition coefficient (Wildman–Crippen LogP) is 3.39. The van der Waals surface area contributed by atoms with E-state index in [1.807, 2.05) is 31.6 Å². The molecule has 2 aliphatic rings. The molecule has 2 fully saturated rings. The third-order valence-electron chi connectivity index (χ3n) is 5.73. The van der Waals surface area contributed by atoms with E-state index in [0.29, 0.717) is 6.54 Å². The third-order valence-corrected chi connectivity index (χ3v) is 5.73. The molecule has 1 saturated heterocycles. The lowest BCUT2D eigenvalue weighted by atomic mass is 10.1. The average Bonchev–Trinajstić information content (AvgIpc) is 3.41. The molecule has 138 valence electrons. The van der Waals surface area contributed by atoms with Gasteiger partial charge in [0.1, 0.15) is 0 Å². The van der Waals surface area contributed by atoms with Crippen LogP contribution in [0.4, 0.5) is 4.79 Å². The highest BCUT2D eigenvalue weighted by molar-refractivity contribution is 5.85. The van der Waals surface area contributed by atoms with Crippen molar-refractivity contribution in [1.29, 1.82) is 0 Å². The molecule has 1 aliphatic carbocycles. The number of carbonyl (C=O) groups excluding carboxylic acids is 1. The molecule has 4 rings (SSSR count). The topological polar surface area (TPSA) is 48.5 Å². The van der Waals surface area contributed by atoms with Gasteiger partial charge in [-0.15, -0.1) is 0 Å². The Labute approximate surface area is 155 Å². The largest absolute Gasteiger partial charge is 0.331 e. The van der Waals surface area contributed by atoms with Crippen LogP contribution in [-0.2, 0) is 6.54 Å². The van der Waals surface area contributed by atoms with E-state index in [2.05, 4.69) is 27.3 Å². The summed E-state index contributed by atoms with van der Waals surface area (Å²) in [5, 5.41) is 5.59. The Hall–Kier alpha value is -2.14. The summed E-state index contributed by atoms with van der Waals surface area (Å²) < 4.78 is 0. The zero-order valence-electron chi connectivity index (χ0n) is 15.6. The van der Waals surface area contributed by atoms with Gasteiger partial charge >= 0.3 is 6.03 Å². The molecule has 0 unspecified atom stereocenters. The lowest BCUT2D eigenvalue weighted by molar-refractivity contribution is 0.178. The average molecular weight is 352 g/mol. The van der Waals surface area contributed by atoms with Gasteiger partial charge in [-0.1, -0.05) is 24.6 Å². The summed E-state index contributed by atoms with van der Waals surface area (Å²) in [7, 11) is 1.88. The van der Waals surface area contributed by atoms with Crippen LogP contribution in [0.25, 0.3) is 10.8 Å². The molecule has 1 N–H and O–H groups in total. The van der Waals surface area contributed by atoms with Crippen molar-refractivity contribution < 1.29 is 4.79 Å². The number of urea groups is 1. The fourth-order valence-corrected chi connectivity index (χ4v) is 4.00. The summed E-state index contributed by atoms with van der Waals surface area (Å²) >= 11 is 0. The SMILES string of the molecule is CN(Cc1cccc2cnccc12)C(=O)NC1(CN2CCCCC2)CC1. The van der Waals surface area contributed by atoms with Crippen molar-refractivity contribution in [2.45, 2.75) is 44.2 Å². The Morgan fingerprint density at radius 1 is 1.23 bits per heavy atom. The Bertz CT molecular complexity index is 775. The van der Waals surface area contributed by atoms with Crippen molar-refractivity contribution >= 4 is 16.8 Å². The number of fused-ring (bicyclic) bond motifs is 1. The van der Waals surface area contributed by atoms with Crippen LogP contribution in [0.3, 0.4) is 0 Å². The highest BCUT2D eigenvalue weighted by atomic mass is 16.2. The second kappa shape index (κ2) is 7.23. The van der Waals surface area contributed by atoms with Crippen molar-refractivity contribution in [3.8, 4) is 0 Å². The van der Waals surface area contributed by atoms with Crippen LogP contribution in [0.2, 0.25) is 0 Å². The maximum Gasteiger partial charge on any atom is 0.317 e. The first-order chi connectivity index (χ1) is 12.7. The normalized spacial score (nSPS) is 19.3. The molecule has 1 aliphatic heterocycles. The zero-order chi connectivity index (χ0) is 18.0. The van der Waals surface area contributed by atoms with Gasteiger partial charge in [-0.05, 0) is 55.8 Å². The van der Waals surface area contributed by atoms with Crippen LogP contribution >= 0.6 is 0 Å². The molecule has 0 spiro atoms. The van der Waals surface area contributed by atoms with Gasteiger partial charge in [0.2, 0.25) is 0 Å². The van der Waals surface area contributed by atoms with Crippen LogP contribution in [0.1, 0.15) is 37.7 Å². The number of nitrogens with one attached hydrogen (secondary N) is 1. The summed E-state index contributed by atoms with van der Waals surface area (Å²) in [6, 6.07) is 8.24. The van der Waals surface area contributed by atoms with Crippen LogP contribution in [0, 0.1) is 0 Å². The lowest BCUT2D eigenvalue weighted by Gasteiger charge is -2.32. The van der Waals surface area contributed by atoms with Crippen LogP contribution in [0.15, 0.2) is 36.7 Å². The van der Waals surface area contributed by atoms with Gasteiger partial charge in [0.25, 0.3) is 0 Å². The molecule has 0 atom stereocenters. The molecular formula is C21H28N4O. The van der Waals surface area contributed by atoms with Gasteiger partial charge in [0.05, 0.1) is 5.54 Å². The molecule has 2 heterocycles. The summed E-state index contributed by atoms with van der Waals surface area (Å²) in [6.45, 7) is 3.97. The zero-order valence-corrected chi connectivity index (χ0v) is 15.6. The number of hydrogen-bond donors (Lipinski definition) is 1. The first-order valence-corrected chi connectivity index (χ1v) is 9.73. The van der Waals surface area contributed by atoms with Gasteiger partial charge in [-0.3, -0.25) is 4.98 Å². The van der Waals surface area contributed by atoms with E-state index in [4.69, 9.17) is 0 Å². The fraction of sp³-hybridized carbons (Fsp3) is 0.524. The number of aromatic nitrogens is 1. The maximum absolute atomic E-state index is 12.8. The highest BCUT2D eigenvalue weighted by Gasteiger charge is 2.45. The molecular weight excluding hydrogens is 324 g/mol. The highest BCUT2D eigenvalue weighted by Crippen LogP contribution is 2.37. The Morgan fingerprint density at radius 2 is 2.04 bits per heavy atom. The minimum atomic E-state index is 0.00532. The molecule has 5 nitrogen and oxygen atoms in total. The number of nitrogens with zero attached hydrogens (tertiary/aromatic N) is 3. The van der Waals surface area contributed by atoms with Gasteiger partial charge in [-0.25, -0.2) is 4.79 Å². The second-order valence-electron chi connectivity index (χ2n) is 7.92. The quantitative estimate of drug-likeness (QED) is 0.897. The number of benzene rings is 1. The van der Waals surface area contributed by atoms with E-state index < -0.39 is 0 Å². The molecule has 5 heteroatoms. The number of amides is 2. The minimum Gasteiger partial charge on any atom is -0.331 e. The predicted molar refractivity (Wildman–Crippen MR) is 104 cm³/mol. The second-order valence-corrected chi connectivity index (χ2v) is 7.92. The Morgan fingerprint density at radius 3 is 2.81 bits per heavy atom. The van der Waals surface area contributed by atoms with Crippen molar-refractivity contribution in [3.63, 3.8) is 0 Å². The van der Waals surface area contributed by atoms with E-state index in [9.17, 15) is 4.79 Å². The first-order valence-electron chi connectivity index (χ1n) is 9.73. The number of piperidine rings is 1. The van der Waals surface area contributed by atoms with E-state index in [0.717, 1.165) is 35.7 Å². The van der Waals surface area contributed by atoms with E-state index in [1.54, 1.807) is 4.90 Å². The molecule has 1 aromatic heterocycles. The number of hydrogen-bond acceptors (Lipinski definition) is 3. The fourth-order valence-electron chi connectivity index (χ4n) is 4.00. The Kier molecular flexibility index (Phi) is 4.81. The summed E-state index contributed by atoms with van der Waals surface area (Å²) in [6.07, 6.45) is 9.81. The number of likely N-dealkylation sites (tertiary alicyclic amines) is 1. The first kappa shape index (κ1) is 17.3.